The van der Waals surface area contributed by atoms with Gasteiger partial charge in [-0.2, -0.15) is 0 Å². The van der Waals surface area contributed by atoms with Gasteiger partial charge in [-0.25, -0.2) is 0 Å². The Morgan fingerprint density at radius 2 is 0.807 bits per heavy atom. The standard InChI is InChI=1S/C54H34N2O/c1-3-13-35(14-4-1)36-23-25-37(26-24-36)41-31-32-49(54-53(41)46-19-9-12-22-52(46)57-54)56-48-21-11-8-18-43(48)45-30-28-39(34-51(45)56)38-27-29-44-42-17-7-10-20-47(42)55(50(44)33-38)40-15-5-2-6-16-40/h1-34H. The lowest BCUT2D eigenvalue weighted by molar-refractivity contribution is 0.666. The molecular weight excluding hydrogens is 693 g/mol. The molecule has 3 aromatic heterocycles. The molecule has 3 heteroatoms. The Morgan fingerprint density at radius 1 is 0.316 bits per heavy atom. The van der Waals surface area contributed by atoms with E-state index in [2.05, 4.69) is 215 Å². The summed E-state index contributed by atoms with van der Waals surface area (Å²) in [6, 6.07) is 74.3. The molecule has 12 aromatic rings. The van der Waals surface area contributed by atoms with E-state index in [4.69, 9.17) is 4.42 Å². The van der Waals surface area contributed by atoms with Gasteiger partial charge in [-0.3, -0.25) is 0 Å². The first-order valence-electron chi connectivity index (χ1n) is 19.5. The summed E-state index contributed by atoms with van der Waals surface area (Å²) in [6.07, 6.45) is 0. The molecule has 3 heterocycles. The van der Waals surface area contributed by atoms with Gasteiger partial charge in [-0.05, 0) is 81.9 Å². The number of hydrogen-bond donors (Lipinski definition) is 0. The summed E-state index contributed by atoms with van der Waals surface area (Å²) in [5.74, 6) is 0. The second kappa shape index (κ2) is 12.5. The Balaban J connectivity index is 1.08. The molecule has 0 saturated carbocycles. The number of fused-ring (bicyclic) bond motifs is 9. The van der Waals surface area contributed by atoms with Crippen molar-refractivity contribution in [3.8, 4) is 44.8 Å². The molecule has 9 aromatic carbocycles. The first-order chi connectivity index (χ1) is 28.3. The fraction of sp³-hybridized carbons (Fsp3) is 0. The Morgan fingerprint density at radius 3 is 1.49 bits per heavy atom. The van der Waals surface area contributed by atoms with Crippen LogP contribution in [0.15, 0.2) is 211 Å². The molecule has 0 unspecified atom stereocenters. The van der Waals surface area contributed by atoms with E-state index in [9.17, 15) is 0 Å². The van der Waals surface area contributed by atoms with E-state index >= 15 is 0 Å². The average Bonchev–Trinajstić information content (AvgIpc) is 3.94. The maximum Gasteiger partial charge on any atom is 0.160 e. The van der Waals surface area contributed by atoms with Crippen LogP contribution in [-0.4, -0.2) is 9.13 Å². The molecular formula is C54H34N2O. The molecule has 0 fully saturated rings. The summed E-state index contributed by atoms with van der Waals surface area (Å²) in [7, 11) is 0. The summed E-state index contributed by atoms with van der Waals surface area (Å²) < 4.78 is 11.7. The topological polar surface area (TPSA) is 23.0 Å². The second-order valence-corrected chi connectivity index (χ2v) is 14.9. The van der Waals surface area contributed by atoms with Crippen LogP contribution in [0.25, 0.3) is 110 Å². The lowest BCUT2D eigenvalue weighted by atomic mass is 9.96. The molecule has 12 rings (SSSR count). The number of furan rings is 1. The number of benzene rings is 9. The van der Waals surface area contributed by atoms with E-state index in [1.54, 1.807) is 0 Å². The Kier molecular flexibility index (Phi) is 6.93. The van der Waals surface area contributed by atoms with Crippen LogP contribution in [0.3, 0.4) is 0 Å². The molecule has 0 aliphatic heterocycles. The van der Waals surface area contributed by atoms with Gasteiger partial charge in [0, 0.05) is 38.0 Å². The maximum absolute atomic E-state index is 6.88. The molecule has 0 amide bonds. The van der Waals surface area contributed by atoms with Crippen LogP contribution in [0, 0.1) is 0 Å². The van der Waals surface area contributed by atoms with Gasteiger partial charge in [-0.15, -0.1) is 0 Å². The number of nitrogens with zero attached hydrogens (tertiary/aromatic N) is 2. The van der Waals surface area contributed by atoms with Crippen molar-refractivity contribution in [1.82, 2.24) is 9.13 Å². The lowest BCUT2D eigenvalue weighted by Gasteiger charge is -2.13. The number of aromatic nitrogens is 2. The minimum atomic E-state index is 0.877. The van der Waals surface area contributed by atoms with Gasteiger partial charge in [0.1, 0.15) is 5.58 Å². The molecule has 0 N–H and O–H groups in total. The average molecular weight is 727 g/mol. The minimum Gasteiger partial charge on any atom is -0.454 e. The first-order valence-corrected chi connectivity index (χ1v) is 19.5. The molecule has 0 bridgehead atoms. The summed E-state index contributed by atoms with van der Waals surface area (Å²) in [5.41, 5.74) is 15.7. The molecule has 0 radical (unpaired) electrons. The van der Waals surface area contributed by atoms with E-state index < -0.39 is 0 Å². The molecule has 0 aliphatic carbocycles. The largest absolute Gasteiger partial charge is 0.454 e. The van der Waals surface area contributed by atoms with Crippen LogP contribution >= 0.6 is 0 Å². The van der Waals surface area contributed by atoms with E-state index in [1.165, 1.54) is 49.3 Å². The smallest absolute Gasteiger partial charge is 0.160 e. The van der Waals surface area contributed by atoms with Gasteiger partial charge >= 0.3 is 0 Å². The zero-order valence-electron chi connectivity index (χ0n) is 30.9. The fourth-order valence-corrected chi connectivity index (χ4v) is 9.12. The van der Waals surface area contributed by atoms with E-state index in [1.807, 2.05) is 0 Å². The molecule has 0 atom stereocenters. The Hall–Kier alpha value is -7.62. The Bertz CT molecular complexity index is 3490. The molecule has 0 saturated heterocycles. The van der Waals surface area contributed by atoms with Gasteiger partial charge in [0.05, 0.1) is 27.8 Å². The van der Waals surface area contributed by atoms with Crippen molar-refractivity contribution < 1.29 is 4.42 Å². The van der Waals surface area contributed by atoms with Gasteiger partial charge in [0.15, 0.2) is 5.58 Å². The van der Waals surface area contributed by atoms with Crippen molar-refractivity contribution in [3.63, 3.8) is 0 Å². The summed E-state index contributed by atoms with van der Waals surface area (Å²) >= 11 is 0. The zero-order chi connectivity index (χ0) is 37.5. The maximum atomic E-state index is 6.88. The highest BCUT2D eigenvalue weighted by Crippen LogP contribution is 2.44. The van der Waals surface area contributed by atoms with Crippen molar-refractivity contribution in [2.45, 2.75) is 0 Å². The van der Waals surface area contributed by atoms with Crippen LogP contribution in [0.4, 0.5) is 0 Å². The van der Waals surface area contributed by atoms with Crippen molar-refractivity contribution >= 4 is 65.6 Å². The molecule has 266 valence electrons. The highest BCUT2D eigenvalue weighted by Gasteiger charge is 2.21. The van der Waals surface area contributed by atoms with E-state index in [0.717, 1.165) is 61.0 Å². The summed E-state index contributed by atoms with van der Waals surface area (Å²) in [4.78, 5) is 0. The van der Waals surface area contributed by atoms with Gasteiger partial charge in [0.25, 0.3) is 0 Å². The first kappa shape index (κ1) is 31.7. The predicted molar refractivity (Wildman–Crippen MR) is 239 cm³/mol. The fourth-order valence-electron chi connectivity index (χ4n) is 9.12. The number of rotatable bonds is 5. The highest BCUT2D eigenvalue weighted by atomic mass is 16.3. The molecule has 3 nitrogen and oxygen atoms in total. The minimum absolute atomic E-state index is 0.877. The van der Waals surface area contributed by atoms with Crippen LogP contribution in [-0.2, 0) is 0 Å². The van der Waals surface area contributed by atoms with Gasteiger partial charge < -0.3 is 13.6 Å². The number of para-hydroxylation sites is 4. The van der Waals surface area contributed by atoms with Gasteiger partial charge in [0.2, 0.25) is 0 Å². The number of hydrogen-bond acceptors (Lipinski definition) is 1. The molecule has 0 aliphatic rings. The highest BCUT2D eigenvalue weighted by molar-refractivity contribution is 6.17. The van der Waals surface area contributed by atoms with Crippen molar-refractivity contribution in [1.29, 1.82) is 0 Å². The van der Waals surface area contributed by atoms with Crippen molar-refractivity contribution in [2.75, 3.05) is 0 Å². The van der Waals surface area contributed by atoms with Crippen molar-refractivity contribution in [2.24, 2.45) is 0 Å². The van der Waals surface area contributed by atoms with Crippen LogP contribution in [0.5, 0.6) is 0 Å². The lowest BCUT2D eigenvalue weighted by Crippen LogP contribution is -1.96. The third-order valence-electron chi connectivity index (χ3n) is 11.7. The SMILES string of the molecule is c1ccc(-c2ccc(-c3ccc(-n4c5ccccc5c5ccc(-c6ccc7c8ccccc8n(-c8ccccc8)c7c6)cc54)c4oc5ccccc5c34)cc2)cc1. The summed E-state index contributed by atoms with van der Waals surface area (Å²) in [5, 5.41) is 7.15. The molecule has 57 heavy (non-hydrogen) atoms. The van der Waals surface area contributed by atoms with Crippen LogP contribution in [0.2, 0.25) is 0 Å². The monoisotopic (exact) mass is 726 g/mol. The quantitative estimate of drug-likeness (QED) is 0.173. The normalized spacial score (nSPS) is 11.9. The predicted octanol–water partition coefficient (Wildman–Crippen LogP) is 14.8. The third kappa shape index (κ3) is 4.86. The third-order valence-corrected chi connectivity index (χ3v) is 11.7. The van der Waals surface area contributed by atoms with E-state index in [0.29, 0.717) is 0 Å². The molecule has 0 spiro atoms. The van der Waals surface area contributed by atoms with E-state index in [-0.39, 0.29) is 0 Å². The summed E-state index contributed by atoms with van der Waals surface area (Å²) in [6.45, 7) is 0. The second-order valence-electron chi connectivity index (χ2n) is 14.9. The van der Waals surface area contributed by atoms with Crippen LogP contribution in [0.1, 0.15) is 0 Å². The van der Waals surface area contributed by atoms with Crippen molar-refractivity contribution in [3.05, 3.63) is 206 Å². The van der Waals surface area contributed by atoms with Crippen LogP contribution < -0.4 is 0 Å². The van der Waals surface area contributed by atoms with Gasteiger partial charge in [-0.1, -0.05) is 158 Å². The zero-order valence-corrected chi connectivity index (χ0v) is 30.9. The Labute approximate surface area is 328 Å².